The van der Waals surface area contributed by atoms with Gasteiger partial charge in [-0.2, -0.15) is 0 Å². The highest BCUT2D eigenvalue weighted by Gasteiger charge is 2.08. The maximum atomic E-state index is 2.49. The molecule has 0 fully saturated rings. The quantitative estimate of drug-likeness (QED) is 0.383. The van der Waals surface area contributed by atoms with Crippen LogP contribution in [0.15, 0.2) is 23.3 Å². The van der Waals surface area contributed by atoms with Crippen LogP contribution in [0.2, 0.25) is 0 Å². The van der Waals surface area contributed by atoms with Crippen LogP contribution >= 0.6 is 0 Å². The Bertz CT molecular complexity index is 257. The summed E-state index contributed by atoms with van der Waals surface area (Å²) < 4.78 is 0. The van der Waals surface area contributed by atoms with Gasteiger partial charge < -0.3 is 0 Å². The van der Waals surface area contributed by atoms with E-state index in [2.05, 4.69) is 26.0 Å². The lowest BCUT2D eigenvalue weighted by molar-refractivity contribution is 0.658. The number of rotatable bonds is 10. The third-order valence-electron chi connectivity index (χ3n) is 3.94. The van der Waals surface area contributed by atoms with Crippen molar-refractivity contribution in [3.8, 4) is 0 Å². The van der Waals surface area contributed by atoms with Crippen molar-refractivity contribution >= 4 is 0 Å². The predicted octanol–water partition coefficient (Wildman–Crippen LogP) is 6.57. The van der Waals surface area contributed by atoms with Crippen LogP contribution in [-0.4, -0.2) is 0 Å². The summed E-state index contributed by atoms with van der Waals surface area (Å²) in [7, 11) is 0. The molecule has 0 spiro atoms. The standard InChI is InChI=1S/C18H32/c1-3-5-7-9-11-13-18-15-14-17(16-18)12-10-8-6-4-2/h13,16H,3-12,14-15H2,1-2H3/b18-13-. The minimum atomic E-state index is 1.30. The minimum absolute atomic E-state index is 1.30. The van der Waals surface area contributed by atoms with Crippen molar-refractivity contribution in [2.45, 2.75) is 90.9 Å². The zero-order valence-corrected chi connectivity index (χ0v) is 12.6. The highest BCUT2D eigenvalue weighted by molar-refractivity contribution is 5.30. The van der Waals surface area contributed by atoms with Crippen molar-refractivity contribution in [2.24, 2.45) is 0 Å². The van der Waals surface area contributed by atoms with Gasteiger partial charge in [0.25, 0.3) is 0 Å². The fraction of sp³-hybridized carbons (Fsp3) is 0.778. The first-order chi connectivity index (χ1) is 8.86. The third kappa shape index (κ3) is 7.03. The van der Waals surface area contributed by atoms with E-state index in [0.29, 0.717) is 0 Å². The topological polar surface area (TPSA) is 0 Å². The van der Waals surface area contributed by atoms with Gasteiger partial charge in [0.2, 0.25) is 0 Å². The molecule has 1 aliphatic rings. The Labute approximate surface area is 115 Å². The lowest BCUT2D eigenvalue weighted by atomic mass is 10.1. The molecule has 0 radical (unpaired) electrons. The Morgan fingerprint density at radius 2 is 1.61 bits per heavy atom. The van der Waals surface area contributed by atoms with Gasteiger partial charge in [-0.25, -0.2) is 0 Å². The molecule has 0 unspecified atom stereocenters. The van der Waals surface area contributed by atoms with Crippen molar-refractivity contribution < 1.29 is 0 Å². The Balaban J connectivity index is 2.12. The van der Waals surface area contributed by atoms with Crippen molar-refractivity contribution in [3.63, 3.8) is 0 Å². The second-order valence-corrected chi connectivity index (χ2v) is 5.74. The number of hydrogen-bond acceptors (Lipinski definition) is 0. The minimum Gasteiger partial charge on any atom is -0.0813 e. The summed E-state index contributed by atoms with van der Waals surface area (Å²) in [6, 6.07) is 0. The number of hydrogen-bond donors (Lipinski definition) is 0. The maximum absolute atomic E-state index is 2.49. The van der Waals surface area contributed by atoms with E-state index in [9.17, 15) is 0 Å². The lowest BCUT2D eigenvalue weighted by Crippen LogP contribution is -1.80. The van der Waals surface area contributed by atoms with E-state index in [1.165, 1.54) is 77.0 Å². The van der Waals surface area contributed by atoms with E-state index in [1.54, 1.807) is 11.1 Å². The molecule has 0 bridgehead atoms. The van der Waals surface area contributed by atoms with Gasteiger partial charge in [-0.05, 0) is 38.5 Å². The Morgan fingerprint density at radius 1 is 0.889 bits per heavy atom. The van der Waals surface area contributed by atoms with E-state index in [1.807, 2.05) is 0 Å². The molecule has 0 N–H and O–H groups in total. The zero-order chi connectivity index (χ0) is 13.1. The highest BCUT2D eigenvalue weighted by atomic mass is 14.1. The molecule has 0 heteroatoms. The molecular weight excluding hydrogens is 216 g/mol. The molecule has 0 amide bonds. The summed E-state index contributed by atoms with van der Waals surface area (Å²) in [5.74, 6) is 0. The van der Waals surface area contributed by atoms with Gasteiger partial charge in [0.1, 0.15) is 0 Å². The molecule has 0 heterocycles. The van der Waals surface area contributed by atoms with E-state index in [4.69, 9.17) is 0 Å². The molecule has 1 rings (SSSR count). The molecule has 1 aliphatic carbocycles. The van der Waals surface area contributed by atoms with Crippen LogP contribution in [0.3, 0.4) is 0 Å². The molecule has 0 aromatic rings. The third-order valence-corrected chi connectivity index (χ3v) is 3.94. The van der Waals surface area contributed by atoms with Crippen LogP contribution in [-0.2, 0) is 0 Å². The molecule has 0 nitrogen and oxygen atoms in total. The van der Waals surface area contributed by atoms with E-state index in [0.717, 1.165) is 0 Å². The molecular formula is C18H32. The summed E-state index contributed by atoms with van der Waals surface area (Å²) in [6.07, 6.45) is 21.4. The van der Waals surface area contributed by atoms with Gasteiger partial charge in [-0.1, -0.05) is 75.7 Å². The predicted molar refractivity (Wildman–Crippen MR) is 82.9 cm³/mol. The van der Waals surface area contributed by atoms with Crippen molar-refractivity contribution in [2.75, 3.05) is 0 Å². The molecule has 0 atom stereocenters. The summed E-state index contributed by atoms with van der Waals surface area (Å²) in [5.41, 5.74) is 3.34. The van der Waals surface area contributed by atoms with Gasteiger partial charge in [0.15, 0.2) is 0 Å². The molecule has 0 aromatic heterocycles. The van der Waals surface area contributed by atoms with E-state index in [-0.39, 0.29) is 0 Å². The summed E-state index contributed by atoms with van der Waals surface area (Å²) >= 11 is 0. The SMILES string of the molecule is CCCCCC/C=C1\C=C(CCCCCC)CC1. The van der Waals surface area contributed by atoms with E-state index < -0.39 is 0 Å². The zero-order valence-electron chi connectivity index (χ0n) is 12.6. The summed E-state index contributed by atoms with van der Waals surface area (Å²) in [5, 5.41) is 0. The second kappa shape index (κ2) is 10.4. The van der Waals surface area contributed by atoms with Crippen molar-refractivity contribution in [3.05, 3.63) is 23.3 Å². The van der Waals surface area contributed by atoms with Crippen LogP contribution in [0.1, 0.15) is 90.9 Å². The normalized spacial score (nSPS) is 17.4. The molecule has 0 aliphatic heterocycles. The summed E-state index contributed by atoms with van der Waals surface area (Å²) in [4.78, 5) is 0. The lowest BCUT2D eigenvalue weighted by Gasteiger charge is -1.99. The first-order valence-electron chi connectivity index (χ1n) is 8.25. The van der Waals surface area contributed by atoms with Crippen LogP contribution in [0, 0.1) is 0 Å². The Morgan fingerprint density at radius 3 is 2.33 bits per heavy atom. The first-order valence-corrected chi connectivity index (χ1v) is 8.25. The second-order valence-electron chi connectivity index (χ2n) is 5.74. The molecule has 0 saturated heterocycles. The maximum Gasteiger partial charge on any atom is -0.0245 e. The van der Waals surface area contributed by atoms with E-state index >= 15 is 0 Å². The van der Waals surface area contributed by atoms with Gasteiger partial charge in [0, 0.05) is 0 Å². The van der Waals surface area contributed by atoms with Gasteiger partial charge in [0.05, 0.1) is 0 Å². The van der Waals surface area contributed by atoms with Crippen molar-refractivity contribution in [1.82, 2.24) is 0 Å². The largest absolute Gasteiger partial charge is 0.0813 e. The Hall–Kier alpha value is -0.520. The summed E-state index contributed by atoms with van der Waals surface area (Å²) in [6.45, 7) is 4.57. The van der Waals surface area contributed by atoms with Gasteiger partial charge in [-0.3, -0.25) is 0 Å². The molecule has 104 valence electrons. The van der Waals surface area contributed by atoms with Crippen molar-refractivity contribution in [1.29, 1.82) is 0 Å². The average Bonchev–Trinajstić information content (AvgIpc) is 2.82. The number of unbranched alkanes of at least 4 members (excludes halogenated alkanes) is 7. The fourth-order valence-electron chi connectivity index (χ4n) is 2.71. The van der Waals surface area contributed by atoms with Gasteiger partial charge >= 0.3 is 0 Å². The fourth-order valence-corrected chi connectivity index (χ4v) is 2.71. The molecule has 0 saturated carbocycles. The van der Waals surface area contributed by atoms with Gasteiger partial charge in [-0.15, -0.1) is 0 Å². The Kier molecular flexibility index (Phi) is 8.98. The molecule has 18 heavy (non-hydrogen) atoms. The highest BCUT2D eigenvalue weighted by Crippen LogP contribution is 2.27. The number of allylic oxidation sites excluding steroid dienone is 4. The average molecular weight is 248 g/mol. The van der Waals surface area contributed by atoms with Crippen LogP contribution in [0.5, 0.6) is 0 Å². The monoisotopic (exact) mass is 248 g/mol. The van der Waals surface area contributed by atoms with Crippen LogP contribution in [0.25, 0.3) is 0 Å². The first kappa shape index (κ1) is 15.5. The smallest absolute Gasteiger partial charge is 0.0245 e. The van der Waals surface area contributed by atoms with Crippen LogP contribution < -0.4 is 0 Å². The molecule has 0 aromatic carbocycles. The van der Waals surface area contributed by atoms with Crippen LogP contribution in [0.4, 0.5) is 0 Å².